The van der Waals surface area contributed by atoms with E-state index >= 15 is 0 Å². The van der Waals surface area contributed by atoms with Crippen LogP contribution in [-0.4, -0.2) is 23.9 Å². The molecule has 0 spiro atoms. The van der Waals surface area contributed by atoms with Gasteiger partial charge in [-0.1, -0.05) is 12.1 Å². The van der Waals surface area contributed by atoms with Crippen molar-refractivity contribution in [1.29, 1.82) is 0 Å². The summed E-state index contributed by atoms with van der Waals surface area (Å²) < 4.78 is 5.10. The molecule has 1 aliphatic carbocycles. The van der Waals surface area contributed by atoms with Gasteiger partial charge >= 0.3 is 0 Å². The molecule has 1 atom stereocenters. The molecule has 3 nitrogen and oxygen atoms in total. The molecule has 16 heavy (non-hydrogen) atoms. The summed E-state index contributed by atoms with van der Waals surface area (Å²) in [6.45, 7) is 2.82. The van der Waals surface area contributed by atoms with Gasteiger partial charge in [-0.2, -0.15) is 0 Å². The molecule has 0 saturated heterocycles. The molecule has 1 aliphatic rings. The third kappa shape index (κ3) is 2.54. The average Bonchev–Trinajstić information content (AvgIpc) is 3.06. The molecule has 1 aromatic carbocycles. The minimum Gasteiger partial charge on any atom is -0.497 e. The predicted molar refractivity (Wildman–Crippen MR) is 63.5 cm³/mol. The number of rotatable bonds is 5. The summed E-state index contributed by atoms with van der Waals surface area (Å²) in [5, 5.41) is 13.2. The Morgan fingerprint density at radius 1 is 1.38 bits per heavy atom. The quantitative estimate of drug-likeness (QED) is 0.795. The van der Waals surface area contributed by atoms with E-state index in [1.54, 1.807) is 7.11 Å². The zero-order valence-electron chi connectivity index (χ0n) is 9.86. The van der Waals surface area contributed by atoms with E-state index in [-0.39, 0.29) is 6.04 Å². The minimum absolute atomic E-state index is 0.162. The van der Waals surface area contributed by atoms with Crippen molar-refractivity contribution >= 4 is 0 Å². The van der Waals surface area contributed by atoms with E-state index < -0.39 is 5.60 Å². The molecule has 1 saturated carbocycles. The van der Waals surface area contributed by atoms with E-state index in [0.29, 0.717) is 0 Å². The lowest BCUT2D eigenvalue weighted by atomic mass is 10.1. The van der Waals surface area contributed by atoms with Crippen molar-refractivity contribution in [3.63, 3.8) is 0 Å². The Morgan fingerprint density at radius 3 is 2.50 bits per heavy atom. The summed E-state index contributed by atoms with van der Waals surface area (Å²) in [6.07, 6.45) is 1.84. The molecule has 2 N–H and O–H groups in total. The lowest BCUT2D eigenvalue weighted by Crippen LogP contribution is -2.38. The van der Waals surface area contributed by atoms with Crippen LogP contribution in [0.15, 0.2) is 24.3 Å². The van der Waals surface area contributed by atoms with Gasteiger partial charge in [-0.05, 0) is 37.5 Å². The molecular weight excluding hydrogens is 202 g/mol. The van der Waals surface area contributed by atoms with E-state index in [2.05, 4.69) is 5.32 Å². The Bertz CT molecular complexity index is 343. The molecule has 0 aromatic heterocycles. The maximum atomic E-state index is 9.87. The topological polar surface area (TPSA) is 41.5 Å². The predicted octanol–water partition coefficient (Wildman–Crippen LogP) is 1.70. The van der Waals surface area contributed by atoms with Gasteiger partial charge in [-0.25, -0.2) is 0 Å². The first-order valence-corrected chi connectivity index (χ1v) is 5.73. The van der Waals surface area contributed by atoms with Crippen molar-refractivity contribution < 1.29 is 9.84 Å². The van der Waals surface area contributed by atoms with E-state index in [0.717, 1.165) is 25.1 Å². The summed E-state index contributed by atoms with van der Waals surface area (Å²) in [5.74, 6) is 0.873. The van der Waals surface area contributed by atoms with Crippen LogP contribution in [0.25, 0.3) is 0 Å². The van der Waals surface area contributed by atoms with Gasteiger partial charge in [-0.15, -0.1) is 0 Å². The highest BCUT2D eigenvalue weighted by Crippen LogP contribution is 2.38. The van der Waals surface area contributed by atoms with Gasteiger partial charge in [0.05, 0.1) is 12.7 Å². The number of aliphatic hydroxyl groups is 1. The fraction of sp³-hybridized carbons (Fsp3) is 0.538. The third-order valence-corrected chi connectivity index (χ3v) is 3.34. The van der Waals surface area contributed by atoms with Crippen molar-refractivity contribution in [2.45, 2.75) is 38.0 Å². The van der Waals surface area contributed by atoms with E-state index in [4.69, 9.17) is 4.74 Å². The zero-order valence-corrected chi connectivity index (χ0v) is 9.86. The summed E-state index contributed by atoms with van der Waals surface area (Å²) in [6, 6.07) is 8.14. The van der Waals surface area contributed by atoms with Crippen LogP contribution in [0.5, 0.6) is 5.75 Å². The number of methoxy groups -OCH3 is 1. The van der Waals surface area contributed by atoms with Gasteiger partial charge in [0.2, 0.25) is 0 Å². The fourth-order valence-corrected chi connectivity index (χ4v) is 1.77. The highest BCUT2D eigenvalue weighted by molar-refractivity contribution is 5.27. The highest BCUT2D eigenvalue weighted by atomic mass is 16.5. The number of benzene rings is 1. The monoisotopic (exact) mass is 221 g/mol. The third-order valence-electron chi connectivity index (χ3n) is 3.34. The molecule has 2 rings (SSSR count). The standard InChI is InChI=1S/C13H19NO2/c1-10(13(15)7-8-13)14-9-11-3-5-12(16-2)6-4-11/h3-6,10,14-15H,7-9H2,1-2H3/t10-/m1/s1. The van der Waals surface area contributed by atoms with Gasteiger partial charge in [-0.3, -0.25) is 0 Å². The normalized spacial score (nSPS) is 19.2. The van der Waals surface area contributed by atoms with Crippen LogP contribution in [0, 0.1) is 0 Å². The van der Waals surface area contributed by atoms with Crippen molar-refractivity contribution in [2.24, 2.45) is 0 Å². The van der Waals surface area contributed by atoms with E-state index in [1.165, 1.54) is 5.56 Å². The van der Waals surface area contributed by atoms with Crippen LogP contribution >= 0.6 is 0 Å². The molecule has 3 heteroatoms. The zero-order chi connectivity index (χ0) is 11.6. The van der Waals surface area contributed by atoms with Crippen molar-refractivity contribution in [3.8, 4) is 5.75 Å². The smallest absolute Gasteiger partial charge is 0.118 e. The van der Waals surface area contributed by atoms with Crippen LogP contribution in [0.4, 0.5) is 0 Å². The first-order chi connectivity index (χ1) is 7.64. The molecule has 0 unspecified atom stereocenters. The Hall–Kier alpha value is -1.06. The van der Waals surface area contributed by atoms with Crippen LogP contribution in [0.2, 0.25) is 0 Å². The number of hydrogen-bond donors (Lipinski definition) is 2. The van der Waals surface area contributed by atoms with E-state index in [1.807, 2.05) is 31.2 Å². The largest absolute Gasteiger partial charge is 0.497 e. The second-order valence-corrected chi connectivity index (χ2v) is 4.55. The van der Waals surface area contributed by atoms with Crippen LogP contribution < -0.4 is 10.1 Å². The number of hydrogen-bond acceptors (Lipinski definition) is 3. The van der Waals surface area contributed by atoms with Crippen molar-refractivity contribution in [2.75, 3.05) is 7.11 Å². The molecular formula is C13H19NO2. The SMILES string of the molecule is COc1ccc(CN[C@H](C)C2(O)CC2)cc1. The Morgan fingerprint density at radius 2 is 2.00 bits per heavy atom. The Labute approximate surface area is 96.4 Å². The summed E-state index contributed by atoms with van der Waals surface area (Å²) in [4.78, 5) is 0. The maximum Gasteiger partial charge on any atom is 0.118 e. The van der Waals surface area contributed by atoms with Crippen LogP contribution in [0.3, 0.4) is 0 Å². The number of nitrogens with one attached hydrogen (secondary N) is 1. The summed E-state index contributed by atoms with van der Waals surface area (Å²) in [7, 11) is 1.66. The fourth-order valence-electron chi connectivity index (χ4n) is 1.77. The van der Waals surface area contributed by atoms with Gasteiger partial charge in [0.15, 0.2) is 0 Å². The maximum absolute atomic E-state index is 9.87. The lowest BCUT2D eigenvalue weighted by Gasteiger charge is -2.19. The van der Waals surface area contributed by atoms with Crippen LogP contribution in [0.1, 0.15) is 25.3 Å². The van der Waals surface area contributed by atoms with Crippen molar-refractivity contribution in [1.82, 2.24) is 5.32 Å². The van der Waals surface area contributed by atoms with Gasteiger partial charge < -0.3 is 15.2 Å². The average molecular weight is 221 g/mol. The van der Waals surface area contributed by atoms with Gasteiger partial charge in [0.1, 0.15) is 5.75 Å². The van der Waals surface area contributed by atoms with Crippen LogP contribution in [-0.2, 0) is 6.54 Å². The Kier molecular flexibility index (Phi) is 3.17. The Balaban J connectivity index is 1.84. The molecule has 0 heterocycles. The second-order valence-electron chi connectivity index (χ2n) is 4.55. The molecule has 0 amide bonds. The molecule has 1 fully saturated rings. The summed E-state index contributed by atoms with van der Waals surface area (Å²) >= 11 is 0. The van der Waals surface area contributed by atoms with Crippen molar-refractivity contribution in [3.05, 3.63) is 29.8 Å². The second kappa shape index (κ2) is 4.44. The molecule has 0 bridgehead atoms. The summed E-state index contributed by atoms with van der Waals surface area (Å²) in [5.41, 5.74) is 0.754. The molecule has 0 aliphatic heterocycles. The highest BCUT2D eigenvalue weighted by Gasteiger charge is 2.45. The van der Waals surface area contributed by atoms with Gasteiger partial charge in [0, 0.05) is 12.6 Å². The number of ether oxygens (including phenoxy) is 1. The van der Waals surface area contributed by atoms with E-state index in [9.17, 15) is 5.11 Å². The lowest BCUT2D eigenvalue weighted by molar-refractivity contribution is 0.109. The first-order valence-electron chi connectivity index (χ1n) is 5.73. The minimum atomic E-state index is -0.452. The molecule has 1 aromatic rings. The molecule has 0 radical (unpaired) electrons. The molecule has 88 valence electrons. The first kappa shape index (κ1) is 11.4. The van der Waals surface area contributed by atoms with Gasteiger partial charge in [0.25, 0.3) is 0 Å².